The van der Waals surface area contributed by atoms with Crippen molar-refractivity contribution in [1.29, 1.82) is 0 Å². The molecule has 1 saturated heterocycles. The zero-order valence-corrected chi connectivity index (χ0v) is 20.2. The number of hydrogen-bond donors (Lipinski definition) is 1. The van der Waals surface area contributed by atoms with Gasteiger partial charge >= 0.3 is 0 Å². The van der Waals surface area contributed by atoms with E-state index in [0.29, 0.717) is 44.2 Å². The van der Waals surface area contributed by atoms with E-state index < -0.39 is 15.6 Å². The molecule has 1 amide bonds. The highest BCUT2D eigenvalue weighted by atomic mass is 35.5. The van der Waals surface area contributed by atoms with Crippen LogP contribution in [0.25, 0.3) is 0 Å². The van der Waals surface area contributed by atoms with Gasteiger partial charge in [0.15, 0.2) is 0 Å². The first-order valence-electron chi connectivity index (χ1n) is 11.0. The van der Waals surface area contributed by atoms with Crippen LogP contribution < -0.4 is 5.32 Å². The number of carbonyl (C=O) groups is 1. The summed E-state index contributed by atoms with van der Waals surface area (Å²) in [6.07, 6.45) is 2.40. The van der Waals surface area contributed by atoms with Gasteiger partial charge in [0.1, 0.15) is 0 Å². The average molecular weight is 479 g/mol. The minimum absolute atomic E-state index is 0.0336. The second kappa shape index (κ2) is 10.8. The van der Waals surface area contributed by atoms with Gasteiger partial charge in [-0.15, -0.1) is 0 Å². The molecule has 1 N–H and O–H groups in total. The fourth-order valence-electron chi connectivity index (χ4n) is 4.03. The van der Waals surface area contributed by atoms with Crippen molar-refractivity contribution in [3.63, 3.8) is 0 Å². The van der Waals surface area contributed by atoms with Crippen LogP contribution in [0.1, 0.15) is 44.2 Å². The van der Waals surface area contributed by atoms with Gasteiger partial charge in [-0.1, -0.05) is 49.7 Å². The van der Waals surface area contributed by atoms with E-state index in [1.165, 1.54) is 4.31 Å². The molecule has 0 bridgehead atoms. The number of nitrogens with one attached hydrogen (secondary N) is 1. The smallest absolute Gasteiger partial charge is 0.243 e. The Balaban J connectivity index is 1.62. The normalized spacial score (nSPS) is 15.5. The number of ether oxygens (including phenoxy) is 1. The second-order valence-corrected chi connectivity index (χ2v) is 10.4. The molecule has 1 heterocycles. The van der Waals surface area contributed by atoms with Crippen LogP contribution in [0.3, 0.4) is 0 Å². The molecule has 0 atom stereocenters. The summed E-state index contributed by atoms with van der Waals surface area (Å²) in [6.45, 7) is 5.69. The van der Waals surface area contributed by atoms with Gasteiger partial charge in [0.2, 0.25) is 15.9 Å². The van der Waals surface area contributed by atoms with Crippen molar-refractivity contribution in [2.45, 2.75) is 50.0 Å². The molecule has 1 aliphatic heterocycles. The molecule has 174 valence electrons. The Hall–Kier alpha value is -1.93. The van der Waals surface area contributed by atoms with Gasteiger partial charge in [0, 0.05) is 24.5 Å². The van der Waals surface area contributed by atoms with Crippen LogP contribution in [-0.4, -0.2) is 44.9 Å². The van der Waals surface area contributed by atoms with E-state index in [9.17, 15) is 13.2 Å². The van der Waals surface area contributed by atoms with Crippen molar-refractivity contribution in [3.8, 4) is 0 Å². The van der Waals surface area contributed by atoms with Crippen molar-refractivity contribution in [2.75, 3.05) is 26.3 Å². The summed E-state index contributed by atoms with van der Waals surface area (Å²) in [7, 11) is -3.51. The largest absolute Gasteiger partial charge is 0.379 e. The first kappa shape index (κ1) is 24.7. The molecule has 3 rings (SSSR count). The van der Waals surface area contributed by atoms with Gasteiger partial charge in [-0.2, -0.15) is 4.31 Å². The topological polar surface area (TPSA) is 75.7 Å². The Kier molecular flexibility index (Phi) is 8.33. The van der Waals surface area contributed by atoms with Crippen LogP contribution in [0, 0.1) is 0 Å². The summed E-state index contributed by atoms with van der Waals surface area (Å²) in [5, 5.41) is 3.89. The number of nitrogens with zero attached hydrogens (tertiary/aromatic N) is 1. The molecule has 0 saturated carbocycles. The number of amides is 1. The fourth-order valence-corrected chi connectivity index (χ4v) is 5.56. The predicted molar refractivity (Wildman–Crippen MR) is 126 cm³/mol. The summed E-state index contributed by atoms with van der Waals surface area (Å²) in [5.74, 6) is -0.0336. The van der Waals surface area contributed by atoms with E-state index in [0.717, 1.165) is 24.0 Å². The summed E-state index contributed by atoms with van der Waals surface area (Å²) in [5.41, 5.74) is 1.53. The average Bonchev–Trinajstić information content (AvgIpc) is 2.82. The Bertz CT molecular complexity index is 997. The third-order valence-electron chi connectivity index (χ3n) is 6.15. The number of carbonyl (C=O) groups excluding carboxylic acids is 1. The van der Waals surface area contributed by atoms with Gasteiger partial charge < -0.3 is 10.1 Å². The molecule has 32 heavy (non-hydrogen) atoms. The van der Waals surface area contributed by atoms with Crippen LogP contribution in [0.4, 0.5) is 0 Å². The van der Waals surface area contributed by atoms with Crippen LogP contribution >= 0.6 is 11.6 Å². The molecule has 2 aromatic carbocycles. The van der Waals surface area contributed by atoms with Gasteiger partial charge in [-0.3, -0.25) is 4.79 Å². The molecule has 1 fully saturated rings. The molecule has 0 aromatic heterocycles. The quantitative estimate of drug-likeness (QED) is 0.588. The first-order valence-corrected chi connectivity index (χ1v) is 12.9. The second-order valence-electron chi connectivity index (χ2n) is 8.00. The third kappa shape index (κ3) is 5.70. The molecular weight excluding hydrogens is 448 g/mol. The Labute approximate surface area is 196 Å². The highest BCUT2D eigenvalue weighted by Crippen LogP contribution is 2.30. The SMILES string of the molecule is CCC(CC)(NC(=O)CCc1ccc(S(=O)(=O)N2CCOCC2)cc1)c1ccc(Cl)cc1. The van der Waals surface area contributed by atoms with Gasteiger partial charge in [-0.05, 0) is 54.7 Å². The summed E-state index contributed by atoms with van der Waals surface area (Å²) in [4.78, 5) is 13.0. The zero-order valence-electron chi connectivity index (χ0n) is 18.6. The Morgan fingerprint density at radius 2 is 1.62 bits per heavy atom. The molecule has 6 nitrogen and oxygen atoms in total. The van der Waals surface area contributed by atoms with Crippen LogP contribution in [0.2, 0.25) is 5.02 Å². The number of halogens is 1. The number of rotatable bonds is 9. The van der Waals surface area contributed by atoms with Gasteiger partial charge in [0.05, 0.1) is 23.6 Å². The summed E-state index contributed by atoms with van der Waals surface area (Å²) >= 11 is 6.02. The standard InChI is InChI=1S/C24H31ClN2O4S/c1-3-24(4-2,20-8-10-21(25)11-9-20)26-23(28)14-7-19-5-12-22(13-6-19)32(29,30)27-15-17-31-18-16-27/h5-6,8-13H,3-4,7,14-18H2,1-2H3,(H,26,28). The lowest BCUT2D eigenvalue weighted by Crippen LogP contribution is -2.45. The van der Waals surface area contributed by atoms with E-state index in [2.05, 4.69) is 19.2 Å². The molecule has 0 radical (unpaired) electrons. The van der Waals surface area contributed by atoms with Crippen molar-refractivity contribution in [1.82, 2.24) is 9.62 Å². The molecule has 1 aliphatic rings. The maximum Gasteiger partial charge on any atom is 0.243 e. The molecule has 8 heteroatoms. The van der Waals surface area contributed by atoms with Crippen LogP contribution in [0.15, 0.2) is 53.4 Å². The maximum absolute atomic E-state index is 12.8. The van der Waals surface area contributed by atoms with Gasteiger partial charge in [-0.25, -0.2) is 8.42 Å². The lowest BCUT2D eigenvalue weighted by atomic mass is 9.84. The maximum atomic E-state index is 12.8. The lowest BCUT2D eigenvalue weighted by molar-refractivity contribution is -0.123. The Morgan fingerprint density at radius 1 is 1.03 bits per heavy atom. The zero-order chi connectivity index (χ0) is 23.2. The van der Waals surface area contributed by atoms with E-state index in [-0.39, 0.29) is 10.8 Å². The van der Waals surface area contributed by atoms with Crippen molar-refractivity contribution >= 4 is 27.5 Å². The van der Waals surface area contributed by atoms with E-state index in [4.69, 9.17) is 16.3 Å². The molecule has 0 unspecified atom stereocenters. The lowest BCUT2D eigenvalue weighted by Gasteiger charge is -2.34. The van der Waals surface area contributed by atoms with Crippen molar-refractivity contribution < 1.29 is 17.9 Å². The number of aryl methyl sites for hydroxylation is 1. The molecular formula is C24H31ClN2O4S. The van der Waals surface area contributed by atoms with E-state index in [1.807, 2.05) is 24.3 Å². The summed E-state index contributed by atoms with van der Waals surface area (Å²) in [6, 6.07) is 14.4. The molecule has 0 aliphatic carbocycles. The predicted octanol–water partition coefficient (Wildman–Crippen LogP) is 4.13. The fraction of sp³-hybridized carbons (Fsp3) is 0.458. The Morgan fingerprint density at radius 3 is 2.19 bits per heavy atom. The minimum Gasteiger partial charge on any atom is -0.379 e. The third-order valence-corrected chi connectivity index (χ3v) is 8.32. The molecule has 0 spiro atoms. The highest BCUT2D eigenvalue weighted by Gasteiger charge is 2.30. The van der Waals surface area contributed by atoms with Crippen LogP contribution in [-0.2, 0) is 31.5 Å². The van der Waals surface area contributed by atoms with Gasteiger partial charge in [0.25, 0.3) is 0 Å². The van der Waals surface area contributed by atoms with E-state index >= 15 is 0 Å². The van der Waals surface area contributed by atoms with Crippen molar-refractivity contribution in [2.24, 2.45) is 0 Å². The highest BCUT2D eigenvalue weighted by molar-refractivity contribution is 7.89. The number of benzene rings is 2. The number of morpholine rings is 1. The number of hydrogen-bond acceptors (Lipinski definition) is 4. The van der Waals surface area contributed by atoms with E-state index in [1.54, 1.807) is 24.3 Å². The minimum atomic E-state index is -3.51. The number of sulfonamides is 1. The van der Waals surface area contributed by atoms with Crippen molar-refractivity contribution in [3.05, 3.63) is 64.7 Å². The summed E-state index contributed by atoms with van der Waals surface area (Å²) < 4.78 is 32.2. The molecule has 2 aromatic rings. The monoisotopic (exact) mass is 478 g/mol. The first-order chi connectivity index (χ1) is 15.3. The van der Waals surface area contributed by atoms with Crippen LogP contribution in [0.5, 0.6) is 0 Å².